The van der Waals surface area contributed by atoms with Gasteiger partial charge in [0, 0.05) is 11.7 Å². The Morgan fingerprint density at radius 2 is 1.58 bits per heavy atom. The summed E-state index contributed by atoms with van der Waals surface area (Å²) in [5, 5.41) is 6.30. The standard InChI is InChI=1S/C20H23FN2O/c1-13(2)14-5-9-17(10-6-14)22-19(20(24)23-18-11-12-18)15-3-7-16(21)8-4-15/h3-10,13,18-19,22H,11-12H2,1-2H3,(H,23,24). The normalized spacial score (nSPS) is 15.2. The van der Waals surface area contributed by atoms with E-state index in [2.05, 4.69) is 36.6 Å². The van der Waals surface area contributed by atoms with Crippen molar-refractivity contribution in [1.82, 2.24) is 5.32 Å². The van der Waals surface area contributed by atoms with Crippen LogP contribution in [0.5, 0.6) is 0 Å². The van der Waals surface area contributed by atoms with Gasteiger partial charge < -0.3 is 10.6 Å². The molecule has 1 atom stereocenters. The minimum absolute atomic E-state index is 0.0722. The second-order valence-corrected chi connectivity index (χ2v) is 6.69. The van der Waals surface area contributed by atoms with E-state index >= 15 is 0 Å². The lowest BCUT2D eigenvalue weighted by molar-refractivity contribution is -0.122. The maximum atomic E-state index is 13.2. The van der Waals surface area contributed by atoms with Crippen molar-refractivity contribution in [1.29, 1.82) is 0 Å². The van der Waals surface area contributed by atoms with Crippen molar-refractivity contribution in [3.8, 4) is 0 Å². The molecule has 4 heteroatoms. The number of hydrogen-bond acceptors (Lipinski definition) is 2. The third-order valence-corrected chi connectivity index (χ3v) is 4.28. The highest BCUT2D eigenvalue weighted by atomic mass is 19.1. The Morgan fingerprint density at radius 1 is 1.00 bits per heavy atom. The highest BCUT2D eigenvalue weighted by molar-refractivity contribution is 5.86. The van der Waals surface area contributed by atoms with Gasteiger partial charge in [0.15, 0.2) is 0 Å². The Labute approximate surface area is 142 Å². The van der Waals surface area contributed by atoms with Gasteiger partial charge in [-0.25, -0.2) is 4.39 Å². The first-order valence-corrected chi connectivity index (χ1v) is 8.45. The van der Waals surface area contributed by atoms with Crippen LogP contribution in [0.25, 0.3) is 0 Å². The Balaban J connectivity index is 1.80. The van der Waals surface area contributed by atoms with E-state index in [9.17, 15) is 9.18 Å². The summed E-state index contributed by atoms with van der Waals surface area (Å²) in [5.41, 5.74) is 2.88. The summed E-state index contributed by atoms with van der Waals surface area (Å²) in [5.74, 6) is 0.0866. The van der Waals surface area contributed by atoms with Gasteiger partial charge in [-0.3, -0.25) is 4.79 Å². The third kappa shape index (κ3) is 4.13. The molecule has 24 heavy (non-hydrogen) atoms. The molecule has 0 heterocycles. The highest BCUT2D eigenvalue weighted by Gasteiger charge is 2.28. The van der Waals surface area contributed by atoms with Crippen LogP contribution in [0.4, 0.5) is 10.1 Å². The Morgan fingerprint density at radius 3 is 2.12 bits per heavy atom. The van der Waals surface area contributed by atoms with Crippen LogP contribution in [0, 0.1) is 5.82 Å². The molecule has 0 saturated heterocycles. The smallest absolute Gasteiger partial charge is 0.247 e. The van der Waals surface area contributed by atoms with Gasteiger partial charge in [-0.2, -0.15) is 0 Å². The number of amides is 1. The van der Waals surface area contributed by atoms with E-state index in [1.54, 1.807) is 12.1 Å². The largest absolute Gasteiger partial charge is 0.370 e. The third-order valence-electron chi connectivity index (χ3n) is 4.28. The quantitative estimate of drug-likeness (QED) is 0.827. The summed E-state index contributed by atoms with van der Waals surface area (Å²) in [6.07, 6.45) is 2.07. The maximum absolute atomic E-state index is 13.2. The lowest BCUT2D eigenvalue weighted by Gasteiger charge is -2.20. The number of carbonyl (C=O) groups excluding carboxylic acids is 1. The number of benzene rings is 2. The van der Waals surface area contributed by atoms with E-state index in [0.29, 0.717) is 5.92 Å². The van der Waals surface area contributed by atoms with Gasteiger partial charge in [-0.05, 0) is 54.2 Å². The molecule has 0 bridgehead atoms. The predicted molar refractivity (Wildman–Crippen MR) is 94.5 cm³/mol. The minimum atomic E-state index is -0.531. The van der Waals surface area contributed by atoms with E-state index in [4.69, 9.17) is 0 Å². The Kier molecular flexibility index (Phi) is 4.84. The van der Waals surface area contributed by atoms with Crippen molar-refractivity contribution in [3.05, 3.63) is 65.5 Å². The average molecular weight is 326 g/mol. The molecule has 0 spiro atoms. The topological polar surface area (TPSA) is 41.1 Å². The summed E-state index contributed by atoms with van der Waals surface area (Å²) in [4.78, 5) is 12.6. The van der Waals surface area contributed by atoms with Crippen molar-refractivity contribution in [2.24, 2.45) is 0 Å². The number of rotatable bonds is 6. The molecule has 1 aliphatic carbocycles. The van der Waals surface area contributed by atoms with Gasteiger partial charge in [0.05, 0.1) is 0 Å². The molecular formula is C20H23FN2O. The van der Waals surface area contributed by atoms with Crippen LogP contribution in [0.1, 0.15) is 49.8 Å². The number of hydrogen-bond donors (Lipinski definition) is 2. The first kappa shape index (κ1) is 16.5. The Hall–Kier alpha value is -2.36. The molecule has 1 saturated carbocycles. The molecule has 0 aromatic heterocycles. The predicted octanol–water partition coefficient (Wildman–Crippen LogP) is 4.38. The zero-order chi connectivity index (χ0) is 17.1. The summed E-state index contributed by atoms with van der Waals surface area (Å²) in [6, 6.07) is 13.9. The average Bonchev–Trinajstić information content (AvgIpc) is 3.38. The van der Waals surface area contributed by atoms with Gasteiger partial charge in [-0.1, -0.05) is 38.1 Å². The van der Waals surface area contributed by atoms with Crippen molar-refractivity contribution >= 4 is 11.6 Å². The molecule has 1 fully saturated rings. The second-order valence-electron chi connectivity index (χ2n) is 6.69. The van der Waals surface area contributed by atoms with E-state index in [1.807, 2.05) is 12.1 Å². The fraction of sp³-hybridized carbons (Fsp3) is 0.350. The number of anilines is 1. The van der Waals surface area contributed by atoms with Crippen LogP contribution >= 0.6 is 0 Å². The van der Waals surface area contributed by atoms with Crippen molar-refractivity contribution in [2.75, 3.05) is 5.32 Å². The van der Waals surface area contributed by atoms with E-state index in [-0.39, 0.29) is 17.8 Å². The van der Waals surface area contributed by atoms with Crippen LogP contribution in [0.2, 0.25) is 0 Å². The molecule has 2 N–H and O–H groups in total. The van der Waals surface area contributed by atoms with Crippen molar-refractivity contribution < 1.29 is 9.18 Å². The summed E-state index contributed by atoms with van der Waals surface area (Å²) >= 11 is 0. The van der Waals surface area contributed by atoms with E-state index in [1.165, 1.54) is 17.7 Å². The van der Waals surface area contributed by atoms with Gasteiger partial charge in [0.25, 0.3) is 0 Å². The molecule has 3 nitrogen and oxygen atoms in total. The Bertz CT molecular complexity index is 691. The van der Waals surface area contributed by atoms with Crippen LogP contribution < -0.4 is 10.6 Å². The van der Waals surface area contributed by atoms with Gasteiger partial charge >= 0.3 is 0 Å². The second kappa shape index (κ2) is 7.04. The molecule has 2 aromatic carbocycles. The molecule has 1 unspecified atom stereocenters. The SMILES string of the molecule is CC(C)c1ccc(NC(C(=O)NC2CC2)c2ccc(F)cc2)cc1. The monoisotopic (exact) mass is 326 g/mol. The lowest BCUT2D eigenvalue weighted by Crippen LogP contribution is -2.34. The fourth-order valence-electron chi connectivity index (χ4n) is 2.60. The van der Waals surface area contributed by atoms with Gasteiger partial charge in [0.1, 0.15) is 11.9 Å². The van der Waals surface area contributed by atoms with Crippen LogP contribution in [-0.2, 0) is 4.79 Å². The molecule has 0 radical (unpaired) electrons. The molecular weight excluding hydrogens is 303 g/mol. The van der Waals surface area contributed by atoms with Crippen molar-refractivity contribution in [3.63, 3.8) is 0 Å². The van der Waals surface area contributed by atoms with Gasteiger partial charge in [-0.15, -0.1) is 0 Å². The first-order valence-electron chi connectivity index (χ1n) is 8.45. The van der Waals surface area contributed by atoms with Crippen LogP contribution in [0.15, 0.2) is 48.5 Å². The molecule has 1 aliphatic rings. The zero-order valence-corrected chi connectivity index (χ0v) is 14.1. The van der Waals surface area contributed by atoms with Gasteiger partial charge in [0.2, 0.25) is 5.91 Å². The molecule has 2 aromatic rings. The van der Waals surface area contributed by atoms with Crippen molar-refractivity contribution in [2.45, 2.75) is 44.7 Å². The molecule has 0 aliphatic heterocycles. The van der Waals surface area contributed by atoms with Crippen LogP contribution in [0.3, 0.4) is 0 Å². The summed E-state index contributed by atoms with van der Waals surface area (Å²) in [7, 11) is 0. The number of carbonyl (C=O) groups is 1. The number of halogens is 1. The summed E-state index contributed by atoms with van der Waals surface area (Å²) < 4.78 is 13.2. The molecule has 3 rings (SSSR count). The van der Waals surface area contributed by atoms with Crippen LogP contribution in [-0.4, -0.2) is 11.9 Å². The minimum Gasteiger partial charge on any atom is -0.370 e. The molecule has 126 valence electrons. The maximum Gasteiger partial charge on any atom is 0.247 e. The zero-order valence-electron chi connectivity index (χ0n) is 14.1. The first-order chi connectivity index (χ1) is 11.5. The number of nitrogens with one attached hydrogen (secondary N) is 2. The van der Waals surface area contributed by atoms with E-state index < -0.39 is 6.04 Å². The molecule has 1 amide bonds. The lowest BCUT2D eigenvalue weighted by atomic mass is 10.0. The highest BCUT2D eigenvalue weighted by Crippen LogP contribution is 2.25. The van der Waals surface area contributed by atoms with E-state index in [0.717, 1.165) is 24.1 Å². The summed E-state index contributed by atoms with van der Waals surface area (Å²) in [6.45, 7) is 4.29. The fourth-order valence-corrected chi connectivity index (χ4v) is 2.60.